The number of amides is 1. The highest BCUT2D eigenvalue weighted by Crippen LogP contribution is 2.38. The van der Waals surface area contributed by atoms with Crippen molar-refractivity contribution in [3.63, 3.8) is 0 Å². The SMILES string of the molecule is CCc1ccccc1NC(=O)CCN1C(=S)N[C@@H](c2ccccn2)[C@H]1c1cccn1C. The quantitative estimate of drug-likeness (QED) is 0.552. The number of pyridine rings is 1. The first kappa shape index (κ1) is 21.1. The molecule has 2 atom stereocenters. The molecule has 3 heterocycles. The Balaban J connectivity index is 1.53. The minimum atomic E-state index is -0.0776. The van der Waals surface area contributed by atoms with Gasteiger partial charge >= 0.3 is 0 Å². The van der Waals surface area contributed by atoms with Gasteiger partial charge in [0.05, 0.1) is 17.8 Å². The number of para-hydroxylation sites is 1. The van der Waals surface area contributed by atoms with Crippen molar-refractivity contribution in [2.45, 2.75) is 31.8 Å². The van der Waals surface area contributed by atoms with E-state index in [-0.39, 0.29) is 18.0 Å². The summed E-state index contributed by atoms with van der Waals surface area (Å²) in [6.07, 6.45) is 5.04. The van der Waals surface area contributed by atoms with Crippen LogP contribution in [-0.2, 0) is 18.3 Å². The van der Waals surface area contributed by atoms with Gasteiger partial charge in [0.1, 0.15) is 0 Å². The summed E-state index contributed by atoms with van der Waals surface area (Å²) >= 11 is 5.68. The topological polar surface area (TPSA) is 62.2 Å². The van der Waals surface area contributed by atoms with Crippen LogP contribution in [0.25, 0.3) is 0 Å². The highest BCUT2D eigenvalue weighted by Gasteiger charge is 2.40. The lowest BCUT2D eigenvalue weighted by atomic mass is 10.0. The molecule has 2 aromatic heterocycles. The third kappa shape index (κ3) is 4.46. The minimum Gasteiger partial charge on any atom is -0.353 e. The summed E-state index contributed by atoms with van der Waals surface area (Å²) in [7, 11) is 2.03. The lowest BCUT2D eigenvalue weighted by molar-refractivity contribution is -0.116. The standard InChI is InChI=1S/C24H27N5OS/c1-3-17-9-4-5-10-18(17)26-21(30)13-16-29-23(20-12-8-15-28(20)2)22(27-24(29)31)19-11-6-7-14-25-19/h4-12,14-15,22-23H,3,13,16H2,1-2H3,(H,26,30)(H,27,31)/t22-,23+/m0/s1. The number of hydrogen-bond acceptors (Lipinski definition) is 3. The van der Waals surface area contributed by atoms with Gasteiger partial charge in [-0.05, 0) is 54.5 Å². The number of rotatable bonds is 7. The van der Waals surface area contributed by atoms with E-state index in [1.165, 1.54) is 0 Å². The molecule has 1 aromatic carbocycles. The van der Waals surface area contributed by atoms with Crippen LogP contribution in [0.4, 0.5) is 5.69 Å². The number of carbonyl (C=O) groups excluding carboxylic acids is 1. The van der Waals surface area contributed by atoms with Gasteiger partial charge in [-0.3, -0.25) is 9.78 Å². The molecule has 6 nitrogen and oxygen atoms in total. The Labute approximate surface area is 188 Å². The average molecular weight is 434 g/mol. The number of aryl methyl sites for hydroxylation is 2. The minimum absolute atomic E-state index is 0.0179. The largest absolute Gasteiger partial charge is 0.353 e. The lowest BCUT2D eigenvalue weighted by Gasteiger charge is -2.28. The predicted molar refractivity (Wildman–Crippen MR) is 127 cm³/mol. The van der Waals surface area contributed by atoms with Crippen LogP contribution in [0.5, 0.6) is 0 Å². The Morgan fingerprint density at radius 3 is 2.68 bits per heavy atom. The molecule has 3 aromatic rings. The van der Waals surface area contributed by atoms with E-state index in [1.807, 2.05) is 61.8 Å². The van der Waals surface area contributed by atoms with Crippen molar-refractivity contribution in [3.05, 3.63) is 83.9 Å². The summed E-state index contributed by atoms with van der Waals surface area (Å²) in [4.78, 5) is 19.4. The first-order valence-corrected chi connectivity index (χ1v) is 11.0. The van der Waals surface area contributed by atoms with Crippen LogP contribution < -0.4 is 10.6 Å². The zero-order chi connectivity index (χ0) is 21.8. The molecule has 7 heteroatoms. The molecule has 1 aliphatic heterocycles. The van der Waals surface area contributed by atoms with Crippen LogP contribution >= 0.6 is 12.2 Å². The molecule has 0 spiro atoms. The molecule has 0 saturated carbocycles. The van der Waals surface area contributed by atoms with Crippen LogP contribution in [0, 0.1) is 0 Å². The van der Waals surface area contributed by atoms with E-state index < -0.39 is 0 Å². The fraction of sp³-hybridized carbons (Fsp3) is 0.292. The Bertz CT molecular complexity index is 1060. The van der Waals surface area contributed by atoms with Crippen molar-refractivity contribution in [2.24, 2.45) is 7.05 Å². The Hall–Kier alpha value is -3.19. The molecule has 4 rings (SSSR count). The maximum atomic E-state index is 12.7. The van der Waals surface area contributed by atoms with Gasteiger partial charge in [-0.25, -0.2) is 0 Å². The number of nitrogens with one attached hydrogen (secondary N) is 2. The molecule has 0 bridgehead atoms. The molecule has 1 fully saturated rings. The molecule has 1 amide bonds. The second-order valence-corrected chi connectivity index (χ2v) is 8.06. The van der Waals surface area contributed by atoms with Gasteiger partial charge in [0.25, 0.3) is 0 Å². The Morgan fingerprint density at radius 2 is 1.97 bits per heavy atom. The number of aromatic nitrogens is 2. The zero-order valence-corrected chi connectivity index (χ0v) is 18.6. The second-order valence-electron chi connectivity index (χ2n) is 7.67. The van der Waals surface area contributed by atoms with E-state index >= 15 is 0 Å². The van der Waals surface area contributed by atoms with Crippen LogP contribution in [0.15, 0.2) is 67.0 Å². The summed E-state index contributed by atoms with van der Waals surface area (Å²) in [5, 5.41) is 7.13. The molecular weight excluding hydrogens is 406 g/mol. The second kappa shape index (κ2) is 9.31. The molecule has 2 N–H and O–H groups in total. The number of carbonyl (C=O) groups is 1. The molecule has 31 heavy (non-hydrogen) atoms. The highest BCUT2D eigenvalue weighted by molar-refractivity contribution is 7.80. The van der Waals surface area contributed by atoms with Crippen molar-refractivity contribution in [3.8, 4) is 0 Å². The number of thiocarbonyl (C=S) groups is 1. The lowest BCUT2D eigenvalue weighted by Crippen LogP contribution is -2.33. The predicted octanol–water partition coefficient (Wildman–Crippen LogP) is 3.98. The fourth-order valence-electron chi connectivity index (χ4n) is 4.13. The van der Waals surface area contributed by atoms with Crippen molar-refractivity contribution in [1.29, 1.82) is 0 Å². The Kier molecular flexibility index (Phi) is 6.32. The molecule has 1 aliphatic rings. The third-order valence-electron chi connectivity index (χ3n) is 5.74. The normalized spacial score (nSPS) is 18.1. The summed E-state index contributed by atoms with van der Waals surface area (Å²) < 4.78 is 2.10. The van der Waals surface area contributed by atoms with E-state index in [9.17, 15) is 4.79 Å². The first-order chi connectivity index (χ1) is 15.1. The smallest absolute Gasteiger partial charge is 0.226 e. The van der Waals surface area contributed by atoms with Gasteiger partial charge in [-0.15, -0.1) is 0 Å². The molecular formula is C24H27N5OS. The highest BCUT2D eigenvalue weighted by atomic mass is 32.1. The number of anilines is 1. The van der Waals surface area contributed by atoms with Crippen LogP contribution in [0.3, 0.4) is 0 Å². The Morgan fingerprint density at radius 1 is 1.16 bits per heavy atom. The van der Waals surface area contributed by atoms with Gasteiger partial charge in [-0.2, -0.15) is 0 Å². The zero-order valence-electron chi connectivity index (χ0n) is 17.8. The van der Waals surface area contributed by atoms with Crippen LogP contribution in [-0.4, -0.2) is 32.0 Å². The van der Waals surface area contributed by atoms with E-state index in [0.717, 1.165) is 29.1 Å². The maximum Gasteiger partial charge on any atom is 0.226 e. The summed E-state index contributed by atoms with van der Waals surface area (Å²) in [6.45, 7) is 2.60. The molecule has 160 valence electrons. The summed E-state index contributed by atoms with van der Waals surface area (Å²) in [6, 6.07) is 17.8. The van der Waals surface area contributed by atoms with Crippen molar-refractivity contribution >= 4 is 28.9 Å². The van der Waals surface area contributed by atoms with Crippen molar-refractivity contribution < 1.29 is 4.79 Å². The maximum absolute atomic E-state index is 12.7. The van der Waals surface area contributed by atoms with Crippen LogP contribution in [0.1, 0.15) is 42.4 Å². The van der Waals surface area contributed by atoms with E-state index in [0.29, 0.717) is 18.1 Å². The molecule has 0 aliphatic carbocycles. The average Bonchev–Trinajstić information content (AvgIpc) is 3.35. The number of benzene rings is 1. The summed E-state index contributed by atoms with van der Waals surface area (Å²) in [5.41, 5.74) is 4.06. The number of hydrogen-bond donors (Lipinski definition) is 2. The van der Waals surface area contributed by atoms with Gasteiger partial charge < -0.3 is 20.1 Å². The molecule has 0 radical (unpaired) electrons. The van der Waals surface area contributed by atoms with Crippen molar-refractivity contribution in [1.82, 2.24) is 19.8 Å². The number of nitrogens with zero attached hydrogens (tertiary/aromatic N) is 3. The third-order valence-corrected chi connectivity index (χ3v) is 6.09. The fourth-order valence-corrected chi connectivity index (χ4v) is 4.47. The van der Waals surface area contributed by atoms with Gasteiger partial charge in [-0.1, -0.05) is 31.2 Å². The van der Waals surface area contributed by atoms with Gasteiger partial charge in [0.2, 0.25) is 5.91 Å². The van der Waals surface area contributed by atoms with Gasteiger partial charge in [0, 0.05) is 43.8 Å². The molecule has 1 saturated heterocycles. The summed E-state index contributed by atoms with van der Waals surface area (Å²) in [5.74, 6) is -0.0179. The van der Waals surface area contributed by atoms with E-state index in [2.05, 4.69) is 38.1 Å². The molecule has 0 unspecified atom stereocenters. The van der Waals surface area contributed by atoms with Gasteiger partial charge in [0.15, 0.2) is 5.11 Å². The first-order valence-electron chi connectivity index (χ1n) is 10.6. The van der Waals surface area contributed by atoms with Crippen LogP contribution in [0.2, 0.25) is 0 Å². The van der Waals surface area contributed by atoms with Crippen molar-refractivity contribution in [2.75, 3.05) is 11.9 Å². The monoisotopic (exact) mass is 433 g/mol. The van der Waals surface area contributed by atoms with E-state index in [4.69, 9.17) is 12.2 Å². The van der Waals surface area contributed by atoms with E-state index in [1.54, 1.807) is 6.20 Å².